The first-order chi connectivity index (χ1) is 7.11. The van der Waals surface area contributed by atoms with E-state index in [0.717, 1.165) is 11.3 Å². The molecule has 5 heteroatoms. The highest BCUT2D eigenvalue weighted by Gasteiger charge is 2.27. The molecule has 4 nitrogen and oxygen atoms in total. The minimum absolute atomic E-state index is 0.0154. The maximum Gasteiger partial charge on any atom is 0.488 e. The van der Waals surface area contributed by atoms with Crippen LogP contribution in [0.25, 0.3) is 0 Å². The van der Waals surface area contributed by atoms with Crippen molar-refractivity contribution in [3.05, 3.63) is 23.8 Å². The molecule has 2 N–H and O–H groups in total. The fourth-order valence-corrected chi connectivity index (χ4v) is 2.03. The monoisotopic (exact) mass is 205 g/mol. The minimum atomic E-state index is -1.47. The summed E-state index contributed by atoms with van der Waals surface area (Å²) in [6.45, 7) is 2.13. The van der Waals surface area contributed by atoms with E-state index in [4.69, 9.17) is 10.0 Å². The average molecular weight is 205 g/mol. The lowest BCUT2D eigenvalue weighted by Gasteiger charge is -2.15. The van der Waals surface area contributed by atoms with Crippen LogP contribution in [0, 0.1) is 0 Å². The molecule has 0 spiro atoms. The van der Waals surface area contributed by atoms with Gasteiger partial charge in [-0.05, 0) is 23.5 Å². The Labute approximate surface area is 88.3 Å². The summed E-state index contributed by atoms with van der Waals surface area (Å²) in [6, 6.07) is 5.23. The largest absolute Gasteiger partial charge is 0.488 e. The molecule has 0 aliphatic carbocycles. The van der Waals surface area contributed by atoms with E-state index in [0.29, 0.717) is 18.4 Å². The van der Waals surface area contributed by atoms with Crippen LogP contribution in [0.2, 0.25) is 0 Å². The molecule has 1 aromatic rings. The Balaban J connectivity index is 2.48. The molecule has 0 saturated carbocycles. The maximum atomic E-state index is 11.3. The van der Waals surface area contributed by atoms with Gasteiger partial charge in [0.05, 0.1) is 0 Å². The van der Waals surface area contributed by atoms with E-state index in [2.05, 4.69) is 0 Å². The highest BCUT2D eigenvalue weighted by atomic mass is 16.4. The number of rotatable bonds is 1. The molecule has 0 saturated heterocycles. The zero-order valence-electron chi connectivity index (χ0n) is 8.47. The van der Waals surface area contributed by atoms with Crippen molar-refractivity contribution in [3.8, 4) is 0 Å². The van der Waals surface area contributed by atoms with Gasteiger partial charge in [-0.3, -0.25) is 4.79 Å². The zero-order valence-corrected chi connectivity index (χ0v) is 8.47. The molecule has 0 bridgehead atoms. The molecule has 2 rings (SSSR count). The van der Waals surface area contributed by atoms with Crippen LogP contribution in [0.1, 0.15) is 12.5 Å². The lowest BCUT2D eigenvalue weighted by molar-refractivity contribution is -0.116. The summed E-state index contributed by atoms with van der Waals surface area (Å²) in [4.78, 5) is 12.9. The molecule has 78 valence electrons. The van der Waals surface area contributed by atoms with Crippen LogP contribution >= 0.6 is 0 Å². The van der Waals surface area contributed by atoms with Crippen molar-refractivity contribution in [1.82, 2.24) is 0 Å². The highest BCUT2D eigenvalue weighted by Crippen LogP contribution is 2.26. The van der Waals surface area contributed by atoms with Crippen molar-refractivity contribution in [3.63, 3.8) is 0 Å². The first-order valence-corrected chi connectivity index (χ1v) is 4.87. The molecular formula is C10H12BNO3. The van der Waals surface area contributed by atoms with Crippen LogP contribution in [0.4, 0.5) is 5.69 Å². The van der Waals surface area contributed by atoms with Gasteiger partial charge in [-0.25, -0.2) is 0 Å². The zero-order chi connectivity index (χ0) is 11.0. The predicted octanol–water partition coefficient (Wildman–Crippen LogP) is -0.725. The summed E-state index contributed by atoms with van der Waals surface area (Å²) in [5.74, 6) is -0.0154. The van der Waals surface area contributed by atoms with Crippen LogP contribution in [0.15, 0.2) is 18.2 Å². The molecule has 1 aliphatic heterocycles. The Kier molecular flexibility index (Phi) is 2.50. The summed E-state index contributed by atoms with van der Waals surface area (Å²) in [6.07, 6.45) is 0.683. The summed E-state index contributed by atoms with van der Waals surface area (Å²) < 4.78 is 0. The number of hydrogen-bond acceptors (Lipinski definition) is 3. The quantitative estimate of drug-likeness (QED) is 0.594. The smallest absolute Gasteiger partial charge is 0.423 e. The lowest BCUT2D eigenvalue weighted by Crippen LogP contribution is -2.32. The molecule has 15 heavy (non-hydrogen) atoms. The third-order valence-corrected chi connectivity index (χ3v) is 2.72. The van der Waals surface area contributed by atoms with Gasteiger partial charge in [0.2, 0.25) is 5.91 Å². The van der Waals surface area contributed by atoms with Gasteiger partial charge in [0.15, 0.2) is 0 Å². The topological polar surface area (TPSA) is 60.8 Å². The molecule has 0 atom stereocenters. The van der Waals surface area contributed by atoms with E-state index in [1.165, 1.54) is 6.92 Å². The second-order valence-corrected chi connectivity index (χ2v) is 3.64. The number of anilines is 1. The van der Waals surface area contributed by atoms with Crippen molar-refractivity contribution in [2.24, 2.45) is 0 Å². The molecule has 1 aromatic carbocycles. The van der Waals surface area contributed by atoms with E-state index >= 15 is 0 Å². The van der Waals surface area contributed by atoms with Crippen LogP contribution < -0.4 is 10.4 Å². The fraction of sp³-hybridized carbons (Fsp3) is 0.300. The Morgan fingerprint density at radius 2 is 2.20 bits per heavy atom. The Morgan fingerprint density at radius 1 is 1.47 bits per heavy atom. The van der Waals surface area contributed by atoms with Gasteiger partial charge in [-0.15, -0.1) is 0 Å². The molecule has 0 unspecified atom stereocenters. The first-order valence-electron chi connectivity index (χ1n) is 4.87. The molecule has 0 radical (unpaired) electrons. The molecular weight excluding hydrogens is 193 g/mol. The standard InChI is InChI=1S/C10H12BNO3/c1-7(13)12-6-5-8-9(11(14)15)3-2-4-10(8)12/h2-4,14-15H,5-6H2,1H3. The van der Waals surface area contributed by atoms with Crippen LogP contribution in [-0.2, 0) is 11.2 Å². The number of hydrogen-bond donors (Lipinski definition) is 2. The summed E-state index contributed by atoms with van der Waals surface area (Å²) in [5.41, 5.74) is 2.16. The van der Waals surface area contributed by atoms with E-state index in [1.54, 1.807) is 17.0 Å². The average Bonchev–Trinajstić information content (AvgIpc) is 2.59. The first kappa shape index (κ1) is 10.2. The number of carbonyl (C=O) groups excluding carboxylic acids is 1. The van der Waals surface area contributed by atoms with E-state index in [1.807, 2.05) is 6.07 Å². The second kappa shape index (κ2) is 3.68. The van der Waals surface area contributed by atoms with Gasteiger partial charge >= 0.3 is 7.12 Å². The molecule has 1 aliphatic rings. The normalized spacial score (nSPS) is 13.9. The van der Waals surface area contributed by atoms with Crippen molar-refractivity contribution in [1.29, 1.82) is 0 Å². The van der Waals surface area contributed by atoms with Gasteiger partial charge in [-0.2, -0.15) is 0 Å². The van der Waals surface area contributed by atoms with Crippen LogP contribution in [0.5, 0.6) is 0 Å². The van der Waals surface area contributed by atoms with Crippen molar-refractivity contribution < 1.29 is 14.8 Å². The van der Waals surface area contributed by atoms with Gasteiger partial charge in [0.1, 0.15) is 0 Å². The number of carbonyl (C=O) groups is 1. The number of amides is 1. The third kappa shape index (κ3) is 1.64. The molecule has 1 heterocycles. The number of benzene rings is 1. The van der Waals surface area contributed by atoms with Gasteiger partial charge in [-0.1, -0.05) is 12.1 Å². The molecule has 0 aromatic heterocycles. The summed E-state index contributed by atoms with van der Waals surface area (Å²) in [5, 5.41) is 18.3. The third-order valence-electron chi connectivity index (χ3n) is 2.72. The highest BCUT2D eigenvalue weighted by molar-refractivity contribution is 6.59. The number of nitrogens with zero attached hydrogens (tertiary/aromatic N) is 1. The van der Waals surface area contributed by atoms with Gasteiger partial charge in [0.25, 0.3) is 0 Å². The lowest BCUT2D eigenvalue weighted by atomic mass is 9.76. The Morgan fingerprint density at radius 3 is 2.80 bits per heavy atom. The molecule has 1 amide bonds. The van der Waals surface area contributed by atoms with Crippen LogP contribution in [0.3, 0.4) is 0 Å². The second-order valence-electron chi connectivity index (χ2n) is 3.64. The Bertz CT molecular complexity index is 406. The maximum absolute atomic E-state index is 11.3. The SMILES string of the molecule is CC(=O)N1CCc2c(B(O)O)cccc21. The summed E-state index contributed by atoms with van der Waals surface area (Å²) in [7, 11) is -1.47. The number of fused-ring (bicyclic) bond motifs is 1. The molecule has 0 fully saturated rings. The Hall–Kier alpha value is -1.33. The van der Waals surface area contributed by atoms with Crippen molar-refractivity contribution in [2.45, 2.75) is 13.3 Å². The van der Waals surface area contributed by atoms with Crippen LogP contribution in [-0.4, -0.2) is 29.6 Å². The van der Waals surface area contributed by atoms with E-state index in [-0.39, 0.29) is 5.91 Å². The van der Waals surface area contributed by atoms with Crippen molar-refractivity contribution >= 4 is 24.2 Å². The van der Waals surface area contributed by atoms with Gasteiger partial charge < -0.3 is 14.9 Å². The predicted molar refractivity (Wildman–Crippen MR) is 58.0 cm³/mol. The fourth-order valence-electron chi connectivity index (χ4n) is 2.03. The van der Waals surface area contributed by atoms with E-state index < -0.39 is 7.12 Å². The summed E-state index contributed by atoms with van der Waals surface area (Å²) >= 11 is 0. The van der Waals surface area contributed by atoms with Crippen molar-refractivity contribution in [2.75, 3.05) is 11.4 Å². The van der Waals surface area contributed by atoms with Gasteiger partial charge in [0, 0.05) is 19.2 Å². The minimum Gasteiger partial charge on any atom is -0.423 e. The van der Waals surface area contributed by atoms with E-state index in [9.17, 15) is 4.79 Å².